The van der Waals surface area contributed by atoms with Crippen molar-refractivity contribution in [3.8, 4) is 0 Å². The summed E-state index contributed by atoms with van der Waals surface area (Å²) in [6, 6.07) is 7.60. The van der Waals surface area contributed by atoms with Gasteiger partial charge in [0.2, 0.25) is 17.7 Å². The van der Waals surface area contributed by atoms with Gasteiger partial charge in [-0.25, -0.2) is 4.98 Å². The molecule has 7 heteroatoms. The van der Waals surface area contributed by atoms with Crippen LogP contribution in [0.1, 0.15) is 6.42 Å². The number of hydrogen-bond donors (Lipinski definition) is 1. The van der Waals surface area contributed by atoms with Crippen LogP contribution in [0, 0.1) is 23.7 Å². The number of benzene rings is 1. The predicted octanol–water partition coefficient (Wildman–Crippen LogP) is 2.04. The molecule has 1 aliphatic heterocycles. The van der Waals surface area contributed by atoms with E-state index in [1.54, 1.807) is 0 Å². The Kier molecular flexibility index (Phi) is 3.09. The molecule has 0 unspecified atom stereocenters. The number of nitrogens with zero attached hydrogens (tertiary/aromatic N) is 2. The molecule has 0 spiro atoms. The number of rotatable bonds is 3. The lowest BCUT2D eigenvalue weighted by atomic mass is 9.85. The summed E-state index contributed by atoms with van der Waals surface area (Å²) in [6.45, 7) is -0.236. The number of hydrogen-bond acceptors (Lipinski definition) is 5. The van der Waals surface area contributed by atoms with Gasteiger partial charge in [0.25, 0.3) is 0 Å². The van der Waals surface area contributed by atoms with E-state index in [0.29, 0.717) is 5.13 Å². The second-order valence-corrected chi connectivity index (χ2v) is 7.83. The van der Waals surface area contributed by atoms with Crippen molar-refractivity contribution < 1.29 is 14.4 Å². The van der Waals surface area contributed by atoms with Crippen LogP contribution in [0.5, 0.6) is 0 Å². The Morgan fingerprint density at radius 2 is 1.84 bits per heavy atom. The van der Waals surface area contributed by atoms with Crippen molar-refractivity contribution in [2.45, 2.75) is 6.42 Å². The zero-order valence-electron chi connectivity index (χ0n) is 13.2. The first-order chi connectivity index (χ1) is 12.1. The Bertz CT molecular complexity index is 887. The number of aromatic nitrogens is 1. The topological polar surface area (TPSA) is 79.4 Å². The SMILES string of the molecule is O=C(CN1C(=O)[C@@H]2[C@H](C1=O)[C@H]1C=C[C@H]2C1)Nc1nc2ccccc2s1. The number of amides is 3. The van der Waals surface area contributed by atoms with Crippen molar-refractivity contribution in [2.24, 2.45) is 23.7 Å². The van der Waals surface area contributed by atoms with Gasteiger partial charge in [-0.3, -0.25) is 19.3 Å². The van der Waals surface area contributed by atoms with E-state index in [2.05, 4.69) is 10.3 Å². The highest BCUT2D eigenvalue weighted by Gasteiger charge is 2.59. The van der Waals surface area contributed by atoms with Crippen LogP contribution < -0.4 is 5.32 Å². The van der Waals surface area contributed by atoms with Crippen molar-refractivity contribution in [1.29, 1.82) is 0 Å². The molecule has 2 aromatic rings. The van der Waals surface area contributed by atoms with Crippen LogP contribution in [0.25, 0.3) is 10.2 Å². The number of allylic oxidation sites excluding steroid dienone is 2. The molecule has 0 radical (unpaired) electrons. The third-order valence-electron chi connectivity index (χ3n) is 5.40. The van der Waals surface area contributed by atoms with E-state index in [0.717, 1.165) is 21.5 Å². The number of para-hydroxylation sites is 1. The second-order valence-electron chi connectivity index (χ2n) is 6.80. The van der Waals surface area contributed by atoms with E-state index in [1.807, 2.05) is 36.4 Å². The Labute approximate surface area is 147 Å². The van der Waals surface area contributed by atoms with Crippen LogP contribution in [0.2, 0.25) is 0 Å². The van der Waals surface area contributed by atoms with Crippen LogP contribution in [-0.4, -0.2) is 34.2 Å². The fraction of sp³-hybridized carbons (Fsp3) is 0.333. The maximum atomic E-state index is 12.6. The summed E-state index contributed by atoms with van der Waals surface area (Å²) < 4.78 is 0.975. The van der Waals surface area contributed by atoms with Gasteiger partial charge in [-0.1, -0.05) is 35.6 Å². The normalized spacial score (nSPS) is 29.7. The highest BCUT2D eigenvalue weighted by molar-refractivity contribution is 7.22. The van der Waals surface area contributed by atoms with Gasteiger partial charge in [0.15, 0.2) is 5.13 Å². The Morgan fingerprint density at radius 3 is 2.52 bits per heavy atom. The standard InChI is InChI=1S/C18H15N3O3S/c22-13(20-18-19-11-3-1-2-4-12(11)25-18)8-21-16(23)14-9-5-6-10(7-9)15(14)17(21)24/h1-6,9-10,14-15H,7-8H2,(H,19,20,22)/t9-,10-,14-,15+/m0/s1. The fourth-order valence-corrected chi connectivity index (χ4v) is 5.23. The lowest BCUT2D eigenvalue weighted by Crippen LogP contribution is -2.39. The molecule has 1 saturated heterocycles. The van der Waals surface area contributed by atoms with Gasteiger partial charge < -0.3 is 5.32 Å². The summed E-state index contributed by atoms with van der Waals surface area (Å²) in [5.74, 6) is -1.01. The van der Waals surface area contributed by atoms with Crippen LogP contribution in [0.3, 0.4) is 0 Å². The van der Waals surface area contributed by atoms with Gasteiger partial charge >= 0.3 is 0 Å². The van der Waals surface area contributed by atoms with Crippen molar-refractivity contribution in [3.05, 3.63) is 36.4 Å². The summed E-state index contributed by atoms with van der Waals surface area (Å²) >= 11 is 1.37. The molecule has 2 bridgehead atoms. The van der Waals surface area contributed by atoms with Crippen LogP contribution in [0.15, 0.2) is 36.4 Å². The number of likely N-dealkylation sites (tertiary alicyclic amines) is 1. The molecule has 2 heterocycles. The third kappa shape index (κ3) is 2.15. The first-order valence-electron chi connectivity index (χ1n) is 8.31. The Balaban J connectivity index is 1.31. The van der Waals surface area contributed by atoms with E-state index in [9.17, 15) is 14.4 Å². The minimum Gasteiger partial charge on any atom is -0.300 e. The third-order valence-corrected chi connectivity index (χ3v) is 6.36. The zero-order valence-corrected chi connectivity index (χ0v) is 14.0. The molecular weight excluding hydrogens is 338 g/mol. The minimum atomic E-state index is -0.388. The lowest BCUT2D eigenvalue weighted by molar-refractivity contribution is -0.143. The second kappa shape index (κ2) is 5.23. The predicted molar refractivity (Wildman–Crippen MR) is 92.7 cm³/mol. The maximum Gasteiger partial charge on any atom is 0.246 e. The number of anilines is 1. The highest BCUT2D eigenvalue weighted by Crippen LogP contribution is 2.52. The fourth-order valence-electron chi connectivity index (χ4n) is 4.35. The van der Waals surface area contributed by atoms with Crippen LogP contribution >= 0.6 is 11.3 Å². The minimum absolute atomic E-state index is 0.156. The molecule has 3 aliphatic rings. The first-order valence-corrected chi connectivity index (χ1v) is 9.12. The average molecular weight is 353 g/mol. The van der Waals surface area contributed by atoms with E-state index >= 15 is 0 Å². The van der Waals surface area contributed by atoms with Crippen molar-refractivity contribution in [3.63, 3.8) is 0 Å². The number of carbonyl (C=O) groups excluding carboxylic acids is 3. The molecule has 1 saturated carbocycles. The lowest BCUT2D eigenvalue weighted by Gasteiger charge is -2.16. The van der Waals surface area contributed by atoms with E-state index in [1.165, 1.54) is 11.3 Å². The van der Waals surface area contributed by atoms with Gasteiger partial charge in [0, 0.05) is 0 Å². The van der Waals surface area contributed by atoms with Crippen LogP contribution in [-0.2, 0) is 14.4 Å². The largest absolute Gasteiger partial charge is 0.300 e. The molecule has 2 fully saturated rings. The van der Waals surface area contributed by atoms with Gasteiger partial charge in [-0.15, -0.1) is 0 Å². The molecule has 2 aliphatic carbocycles. The molecule has 1 N–H and O–H groups in total. The summed E-state index contributed by atoms with van der Waals surface area (Å²) in [7, 11) is 0. The smallest absolute Gasteiger partial charge is 0.246 e. The molecule has 3 amide bonds. The van der Waals surface area contributed by atoms with E-state index < -0.39 is 0 Å². The summed E-state index contributed by atoms with van der Waals surface area (Å²) in [5.41, 5.74) is 0.813. The maximum absolute atomic E-state index is 12.6. The number of fused-ring (bicyclic) bond motifs is 6. The number of thiazole rings is 1. The van der Waals surface area contributed by atoms with Crippen molar-refractivity contribution >= 4 is 44.4 Å². The van der Waals surface area contributed by atoms with Gasteiger partial charge in [0.1, 0.15) is 6.54 Å². The first kappa shape index (κ1) is 14.8. The van der Waals surface area contributed by atoms with Gasteiger partial charge in [0.05, 0.1) is 22.1 Å². The molecule has 1 aromatic heterocycles. The molecule has 4 atom stereocenters. The van der Waals surface area contributed by atoms with Gasteiger partial charge in [-0.05, 0) is 30.4 Å². The molecule has 6 nitrogen and oxygen atoms in total. The van der Waals surface area contributed by atoms with Gasteiger partial charge in [-0.2, -0.15) is 0 Å². The molecular formula is C18H15N3O3S. The summed E-state index contributed by atoms with van der Waals surface area (Å²) in [5, 5.41) is 3.19. The number of imide groups is 1. The Hall–Kier alpha value is -2.54. The molecule has 5 rings (SSSR count). The average Bonchev–Trinajstić information content (AvgIpc) is 3.34. The van der Waals surface area contributed by atoms with Crippen LogP contribution in [0.4, 0.5) is 5.13 Å². The molecule has 1 aromatic carbocycles. The van der Waals surface area contributed by atoms with Crippen molar-refractivity contribution in [2.75, 3.05) is 11.9 Å². The quantitative estimate of drug-likeness (QED) is 0.676. The number of carbonyl (C=O) groups is 3. The monoisotopic (exact) mass is 353 g/mol. The molecule has 126 valence electrons. The highest BCUT2D eigenvalue weighted by atomic mass is 32.1. The van der Waals surface area contributed by atoms with Crippen molar-refractivity contribution in [1.82, 2.24) is 9.88 Å². The molecule has 25 heavy (non-hydrogen) atoms. The summed E-state index contributed by atoms with van der Waals surface area (Å²) in [6.07, 6.45) is 4.97. The zero-order chi connectivity index (χ0) is 17.1. The van der Waals surface area contributed by atoms with E-state index in [-0.39, 0.29) is 47.9 Å². The summed E-state index contributed by atoms with van der Waals surface area (Å²) in [4.78, 5) is 43.0. The number of nitrogens with one attached hydrogen (secondary N) is 1. The Morgan fingerprint density at radius 1 is 1.16 bits per heavy atom. The van der Waals surface area contributed by atoms with E-state index in [4.69, 9.17) is 0 Å².